The van der Waals surface area contributed by atoms with E-state index in [0.29, 0.717) is 15.7 Å². The third-order valence-corrected chi connectivity index (χ3v) is 4.70. The van der Waals surface area contributed by atoms with Crippen molar-refractivity contribution in [2.75, 3.05) is 0 Å². The molecule has 0 saturated heterocycles. The topological polar surface area (TPSA) is 54.4 Å². The Hall–Kier alpha value is -2.21. The Morgan fingerprint density at radius 1 is 1.08 bits per heavy atom. The van der Waals surface area contributed by atoms with E-state index < -0.39 is 0 Å². The zero-order valence-electron chi connectivity index (χ0n) is 12.9. The molecule has 0 atom stereocenters. The Morgan fingerprint density at radius 2 is 1.72 bits per heavy atom. The van der Waals surface area contributed by atoms with Crippen LogP contribution in [0.15, 0.2) is 59.0 Å². The van der Waals surface area contributed by atoms with Gasteiger partial charge in [-0.3, -0.25) is 4.79 Å². The number of hydrazone groups is 1. The normalized spacial score (nSPS) is 11.0. The van der Waals surface area contributed by atoms with Gasteiger partial charge in [-0.2, -0.15) is 5.10 Å². The van der Waals surface area contributed by atoms with Gasteiger partial charge >= 0.3 is 0 Å². The maximum Gasteiger partial charge on any atom is 0.246 e. The summed E-state index contributed by atoms with van der Waals surface area (Å²) in [4.78, 5) is 16.4. The van der Waals surface area contributed by atoms with E-state index in [1.807, 2.05) is 41.8 Å². The van der Waals surface area contributed by atoms with Crippen molar-refractivity contribution in [1.82, 2.24) is 10.4 Å². The van der Waals surface area contributed by atoms with Crippen LogP contribution in [-0.2, 0) is 11.2 Å². The fourth-order valence-electron chi connectivity index (χ4n) is 2.04. The van der Waals surface area contributed by atoms with Crippen molar-refractivity contribution < 1.29 is 4.79 Å². The maximum atomic E-state index is 11.9. The van der Waals surface area contributed by atoms with Gasteiger partial charge in [0.05, 0.1) is 18.3 Å². The number of nitrogens with zero attached hydrogens (tertiary/aromatic N) is 2. The summed E-state index contributed by atoms with van der Waals surface area (Å²) in [5, 5.41) is 7.99. The number of benzene rings is 2. The van der Waals surface area contributed by atoms with Crippen LogP contribution in [0.25, 0.3) is 10.6 Å². The maximum absolute atomic E-state index is 11.9. The third kappa shape index (κ3) is 5.13. The minimum Gasteiger partial charge on any atom is -0.273 e. The fraction of sp³-hybridized carbons (Fsp3) is 0.0556. The van der Waals surface area contributed by atoms with Gasteiger partial charge in [-0.15, -0.1) is 11.3 Å². The lowest BCUT2D eigenvalue weighted by Gasteiger charge is -1.98. The summed E-state index contributed by atoms with van der Waals surface area (Å²) in [5.74, 6) is -0.224. The molecule has 25 heavy (non-hydrogen) atoms. The van der Waals surface area contributed by atoms with Crippen molar-refractivity contribution >= 4 is 46.7 Å². The average Bonchev–Trinajstić information content (AvgIpc) is 3.06. The molecular weight excluding hydrogens is 377 g/mol. The van der Waals surface area contributed by atoms with Crippen molar-refractivity contribution in [3.8, 4) is 10.6 Å². The Labute approximate surface area is 159 Å². The molecule has 0 bridgehead atoms. The van der Waals surface area contributed by atoms with E-state index >= 15 is 0 Å². The smallest absolute Gasteiger partial charge is 0.246 e. The number of amides is 1. The van der Waals surface area contributed by atoms with Gasteiger partial charge in [0.15, 0.2) is 0 Å². The molecule has 0 unspecified atom stereocenters. The van der Waals surface area contributed by atoms with Gasteiger partial charge in [0.25, 0.3) is 0 Å². The van der Waals surface area contributed by atoms with Crippen LogP contribution in [0, 0.1) is 0 Å². The monoisotopic (exact) mass is 389 g/mol. The van der Waals surface area contributed by atoms with E-state index in [4.69, 9.17) is 23.2 Å². The van der Waals surface area contributed by atoms with Crippen LogP contribution < -0.4 is 5.43 Å². The molecule has 0 spiro atoms. The van der Waals surface area contributed by atoms with Crippen LogP contribution in [0.3, 0.4) is 0 Å². The number of carbonyl (C=O) groups excluding carboxylic acids is 1. The molecule has 0 aliphatic rings. The van der Waals surface area contributed by atoms with Crippen LogP contribution in [0.5, 0.6) is 0 Å². The molecule has 0 radical (unpaired) electrons. The molecule has 1 N–H and O–H groups in total. The van der Waals surface area contributed by atoms with Crippen molar-refractivity contribution in [2.24, 2.45) is 5.10 Å². The quantitative estimate of drug-likeness (QED) is 0.502. The van der Waals surface area contributed by atoms with E-state index in [0.717, 1.165) is 16.1 Å². The number of halogens is 2. The van der Waals surface area contributed by atoms with Crippen molar-refractivity contribution in [1.29, 1.82) is 0 Å². The molecule has 0 aliphatic carbocycles. The minimum atomic E-state index is -0.224. The van der Waals surface area contributed by atoms with Crippen molar-refractivity contribution in [2.45, 2.75) is 6.42 Å². The van der Waals surface area contributed by atoms with E-state index in [9.17, 15) is 4.79 Å². The van der Waals surface area contributed by atoms with Gasteiger partial charge in [0, 0.05) is 21.0 Å². The summed E-state index contributed by atoms with van der Waals surface area (Å²) < 4.78 is 0. The lowest BCUT2D eigenvalue weighted by Crippen LogP contribution is -2.19. The second-order valence-corrected chi connectivity index (χ2v) is 6.90. The lowest BCUT2D eigenvalue weighted by molar-refractivity contribution is -0.120. The highest BCUT2D eigenvalue weighted by molar-refractivity contribution is 7.13. The van der Waals surface area contributed by atoms with Crippen LogP contribution >= 0.6 is 34.5 Å². The minimum absolute atomic E-state index is 0.169. The van der Waals surface area contributed by atoms with E-state index in [1.165, 1.54) is 11.3 Å². The number of hydrogen-bond acceptors (Lipinski definition) is 4. The summed E-state index contributed by atoms with van der Waals surface area (Å²) in [6.45, 7) is 0. The van der Waals surface area contributed by atoms with E-state index in [-0.39, 0.29) is 12.3 Å². The molecule has 7 heteroatoms. The number of thiazole rings is 1. The summed E-state index contributed by atoms with van der Waals surface area (Å²) >= 11 is 13.2. The van der Waals surface area contributed by atoms with Gasteiger partial charge < -0.3 is 0 Å². The molecule has 3 rings (SSSR count). The van der Waals surface area contributed by atoms with Gasteiger partial charge in [-0.25, -0.2) is 10.4 Å². The first-order valence-electron chi connectivity index (χ1n) is 7.38. The number of carbonyl (C=O) groups is 1. The van der Waals surface area contributed by atoms with Gasteiger partial charge in [-0.05, 0) is 29.8 Å². The lowest BCUT2D eigenvalue weighted by atomic mass is 10.2. The number of rotatable bonds is 5. The number of hydrogen-bond donors (Lipinski definition) is 1. The summed E-state index contributed by atoms with van der Waals surface area (Å²) in [7, 11) is 0. The Balaban J connectivity index is 1.56. The zero-order chi connectivity index (χ0) is 17.6. The summed E-state index contributed by atoms with van der Waals surface area (Å²) in [6.07, 6.45) is 1.73. The molecule has 126 valence electrons. The highest BCUT2D eigenvalue weighted by Crippen LogP contribution is 2.25. The number of nitrogens with one attached hydrogen (secondary N) is 1. The molecule has 3 aromatic rings. The summed E-state index contributed by atoms with van der Waals surface area (Å²) in [6, 6.07) is 14.6. The molecule has 1 heterocycles. The Kier molecular flexibility index (Phi) is 5.81. The van der Waals surface area contributed by atoms with Crippen LogP contribution in [-0.4, -0.2) is 17.1 Å². The zero-order valence-corrected chi connectivity index (χ0v) is 15.3. The second kappa shape index (κ2) is 8.25. The molecular formula is C18H13Cl2N3OS. The Bertz CT molecular complexity index is 889. The van der Waals surface area contributed by atoms with Crippen LogP contribution in [0.2, 0.25) is 10.0 Å². The first kappa shape index (κ1) is 17.6. The highest BCUT2D eigenvalue weighted by atomic mass is 35.5. The third-order valence-electron chi connectivity index (χ3n) is 3.26. The van der Waals surface area contributed by atoms with Crippen LogP contribution in [0.1, 0.15) is 11.3 Å². The largest absolute Gasteiger partial charge is 0.273 e. The van der Waals surface area contributed by atoms with E-state index in [2.05, 4.69) is 15.5 Å². The van der Waals surface area contributed by atoms with Gasteiger partial charge in [0.1, 0.15) is 5.01 Å². The molecule has 0 aliphatic heterocycles. The predicted octanol–water partition coefficient (Wildman–Crippen LogP) is 4.81. The molecule has 0 saturated carbocycles. The molecule has 1 aromatic heterocycles. The first-order valence-corrected chi connectivity index (χ1v) is 9.01. The standard InChI is InChI=1S/C18H13Cl2N3OS/c19-14-5-1-12(2-6-14)10-21-23-17(24)9-16-11-25-18(22-16)13-3-7-15(20)8-4-13/h1-8,10-11H,9H2,(H,23,24). The van der Waals surface area contributed by atoms with Crippen molar-refractivity contribution in [3.05, 3.63) is 75.2 Å². The summed E-state index contributed by atoms with van der Waals surface area (Å²) in [5.41, 5.74) is 5.02. The second-order valence-electron chi connectivity index (χ2n) is 5.17. The van der Waals surface area contributed by atoms with Gasteiger partial charge in [-0.1, -0.05) is 47.5 Å². The van der Waals surface area contributed by atoms with Crippen LogP contribution in [0.4, 0.5) is 0 Å². The SMILES string of the molecule is O=C(Cc1csc(-c2ccc(Cl)cc2)n1)NN=Cc1ccc(Cl)cc1. The predicted molar refractivity (Wildman–Crippen MR) is 103 cm³/mol. The molecule has 4 nitrogen and oxygen atoms in total. The highest BCUT2D eigenvalue weighted by Gasteiger charge is 2.08. The molecule has 2 aromatic carbocycles. The van der Waals surface area contributed by atoms with Crippen molar-refractivity contribution in [3.63, 3.8) is 0 Å². The first-order chi connectivity index (χ1) is 12.1. The molecule has 1 amide bonds. The van der Waals surface area contributed by atoms with Gasteiger partial charge in [0.2, 0.25) is 5.91 Å². The average molecular weight is 390 g/mol. The fourth-order valence-corrected chi connectivity index (χ4v) is 3.12. The van der Waals surface area contributed by atoms with E-state index in [1.54, 1.807) is 18.3 Å². The Morgan fingerprint density at radius 3 is 2.40 bits per heavy atom. The molecule has 0 fully saturated rings. The number of aromatic nitrogens is 1.